The first-order valence-electron chi connectivity index (χ1n) is 4.99. The van der Waals surface area contributed by atoms with Crippen LogP contribution in [0.5, 0.6) is 0 Å². The second kappa shape index (κ2) is 5.13. The molecule has 0 unspecified atom stereocenters. The van der Waals surface area contributed by atoms with Crippen LogP contribution >= 0.6 is 11.6 Å². The van der Waals surface area contributed by atoms with Crippen molar-refractivity contribution in [1.29, 1.82) is 0 Å². The maximum absolute atomic E-state index is 10.8. The van der Waals surface area contributed by atoms with E-state index < -0.39 is 0 Å². The topological polar surface area (TPSA) is 17.1 Å². The van der Waals surface area contributed by atoms with E-state index in [2.05, 4.69) is 13.8 Å². The van der Waals surface area contributed by atoms with Crippen LogP contribution in [-0.2, 0) is 4.79 Å². The summed E-state index contributed by atoms with van der Waals surface area (Å²) < 4.78 is 0. The number of carbonyl (C=O) groups is 1. The zero-order chi connectivity index (χ0) is 11.4. The molecule has 0 bridgehead atoms. The normalized spacial score (nSPS) is 11.3. The Balaban J connectivity index is 2.98. The van der Waals surface area contributed by atoms with Crippen LogP contribution in [0.2, 0.25) is 5.02 Å². The summed E-state index contributed by atoms with van der Waals surface area (Å²) in [4.78, 5) is 10.8. The van der Waals surface area contributed by atoms with Crippen molar-refractivity contribution in [2.45, 2.75) is 26.7 Å². The van der Waals surface area contributed by atoms with Gasteiger partial charge in [-0.1, -0.05) is 37.6 Å². The van der Waals surface area contributed by atoms with Gasteiger partial charge in [0, 0.05) is 5.02 Å². The molecular formula is C13H15ClO. The molecule has 0 radical (unpaired) electrons. The number of rotatable bonds is 3. The van der Waals surface area contributed by atoms with Gasteiger partial charge in [0.05, 0.1) is 0 Å². The van der Waals surface area contributed by atoms with Crippen LogP contribution in [0.25, 0.3) is 6.08 Å². The summed E-state index contributed by atoms with van der Waals surface area (Å²) >= 11 is 6.09. The highest BCUT2D eigenvalue weighted by Crippen LogP contribution is 2.23. The summed E-state index contributed by atoms with van der Waals surface area (Å²) in [6, 6.07) is 5.93. The smallest absolute Gasteiger partial charge is 0.152 e. The highest BCUT2D eigenvalue weighted by molar-refractivity contribution is 6.32. The molecule has 0 atom stereocenters. The zero-order valence-electron chi connectivity index (χ0n) is 9.25. The van der Waals surface area contributed by atoms with Crippen LogP contribution < -0.4 is 0 Å². The Kier molecular flexibility index (Phi) is 4.10. The quantitative estimate of drug-likeness (QED) is 0.705. The van der Waals surface area contributed by atoms with Crippen LogP contribution in [-0.4, -0.2) is 5.78 Å². The van der Waals surface area contributed by atoms with Crippen LogP contribution in [0, 0.1) is 0 Å². The second-order valence-corrected chi connectivity index (χ2v) is 4.29. The van der Waals surface area contributed by atoms with E-state index in [0.717, 1.165) is 5.56 Å². The molecule has 0 N–H and O–H groups in total. The summed E-state index contributed by atoms with van der Waals surface area (Å²) in [6.07, 6.45) is 3.27. The SMILES string of the molecule is CC(=O)/C=C/c1ccc(C(C)C)cc1Cl. The van der Waals surface area contributed by atoms with Crippen LogP contribution in [0.3, 0.4) is 0 Å². The lowest BCUT2D eigenvalue weighted by Gasteiger charge is -2.06. The van der Waals surface area contributed by atoms with Gasteiger partial charge in [-0.3, -0.25) is 4.79 Å². The minimum Gasteiger partial charge on any atom is -0.295 e. The van der Waals surface area contributed by atoms with Gasteiger partial charge in [0.1, 0.15) is 0 Å². The Morgan fingerprint density at radius 1 is 1.40 bits per heavy atom. The third-order valence-corrected chi connectivity index (χ3v) is 2.52. The van der Waals surface area contributed by atoms with Crippen LogP contribution in [0.4, 0.5) is 0 Å². The number of benzene rings is 1. The Hall–Kier alpha value is -1.08. The fraction of sp³-hybridized carbons (Fsp3) is 0.308. The van der Waals surface area contributed by atoms with Gasteiger partial charge >= 0.3 is 0 Å². The van der Waals surface area contributed by atoms with E-state index in [1.807, 2.05) is 18.2 Å². The minimum atomic E-state index is 0.0269. The molecule has 0 heterocycles. The van der Waals surface area contributed by atoms with Crippen LogP contribution in [0.15, 0.2) is 24.3 Å². The van der Waals surface area contributed by atoms with E-state index in [-0.39, 0.29) is 5.78 Å². The van der Waals surface area contributed by atoms with Gasteiger partial charge < -0.3 is 0 Å². The number of carbonyl (C=O) groups excluding carboxylic acids is 1. The van der Waals surface area contributed by atoms with Crippen molar-refractivity contribution in [2.75, 3.05) is 0 Å². The zero-order valence-corrected chi connectivity index (χ0v) is 10.0. The summed E-state index contributed by atoms with van der Waals surface area (Å²) in [5, 5.41) is 0.693. The molecule has 1 nitrogen and oxygen atoms in total. The lowest BCUT2D eigenvalue weighted by molar-refractivity contribution is -0.112. The number of hydrogen-bond donors (Lipinski definition) is 0. The molecule has 2 heteroatoms. The molecule has 1 aromatic rings. The summed E-state index contributed by atoms with van der Waals surface area (Å²) in [5.74, 6) is 0.493. The molecule has 0 aliphatic heterocycles. The van der Waals surface area contributed by atoms with E-state index in [1.165, 1.54) is 18.6 Å². The third-order valence-electron chi connectivity index (χ3n) is 2.19. The minimum absolute atomic E-state index is 0.0269. The molecule has 1 aromatic carbocycles. The predicted octanol–water partition coefficient (Wildman–Crippen LogP) is 4.07. The molecule has 0 amide bonds. The highest BCUT2D eigenvalue weighted by Gasteiger charge is 2.02. The second-order valence-electron chi connectivity index (χ2n) is 3.88. The molecule has 0 aliphatic carbocycles. The standard InChI is InChI=1S/C13H15ClO/c1-9(2)12-7-6-11(13(14)8-12)5-4-10(3)15/h4-9H,1-3H3/b5-4+. The molecule has 0 saturated heterocycles. The Morgan fingerprint density at radius 2 is 2.07 bits per heavy atom. The summed E-state index contributed by atoms with van der Waals surface area (Å²) in [6.45, 7) is 5.76. The third kappa shape index (κ3) is 3.52. The lowest BCUT2D eigenvalue weighted by Crippen LogP contribution is -1.88. The average Bonchev–Trinajstić information content (AvgIpc) is 2.15. The summed E-state index contributed by atoms with van der Waals surface area (Å²) in [5.41, 5.74) is 2.09. The van der Waals surface area contributed by atoms with Gasteiger partial charge in [-0.05, 0) is 42.2 Å². The van der Waals surface area contributed by atoms with Gasteiger partial charge in [0.2, 0.25) is 0 Å². The molecule has 80 valence electrons. The van der Waals surface area contributed by atoms with E-state index >= 15 is 0 Å². The largest absolute Gasteiger partial charge is 0.295 e. The van der Waals surface area contributed by atoms with E-state index in [0.29, 0.717) is 10.9 Å². The van der Waals surface area contributed by atoms with Crippen molar-refractivity contribution in [3.63, 3.8) is 0 Å². The lowest BCUT2D eigenvalue weighted by atomic mass is 10.0. The van der Waals surface area contributed by atoms with Crippen molar-refractivity contribution in [1.82, 2.24) is 0 Å². The van der Waals surface area contributed by atoms with Crippen molar-refractivity contribution >= 4 is 23.5 Å². The van der Waals surface area contributed by atoms with E-state index in [4.69, 9.17) is 11.6 Å². The first kappa shape index (κ1) is 12.0. The fourth-order valence-corrected chi connectivity index (χ4v) is 1.50. The maximum atomic E-state index is 10.8. The van der Waals surface area contributed by atoms with Gasteiger partial charge in [0.15, 0.2) is 5.78 Å². The van der Waals surface area contributed by atoms with Crippen molar-refractivity contribution < 1.29 is 4.79 Å². The van der Waals surface area contributed by atoms with Gasteiger partial charge in [0.25, 0.3) is 0 Å². The summed E-state index contributed by atoms with van der Waals surface area (Å²) in [7, 11) is 0. The van der Waals surface area contributed by atoms with Gasteiger partial charge in [-0.2, -0.15) is 0 Å². The molecule has 15 heavy (non-hydrogen) atoms. The van der Waals surface area contributed by atoms with Crippen molar-refractivity contribution in [3.8, 4) is 0 Å². The predicted molar refractivity (Wildman–Crippen MR) is 65.3 cm³/mol. The first-order valence-corrected chi connectivity index (χ1v) is 5.36. The molecule has 0 saturated carbocycles. The molecule has 1 rings (SSSR count). The van der Waals surface area contributed by atoms with Gasteiger partial charge in [-0.25, -0.2) is 0 Å². The number of hydrogen-bond acceptors (Lipinski definition) is 1. The number of allylic oxidation sites excluding steroid dienone is 1. The molecule has 0 fully saturated rings. The van der Waals surface area contributed by atoms with Crippen molar-refractivity contribution in [2.24, 2.45) is 0 Å². The Bertz CT molecular complexity index is 392. The molecule has 0 spiro atoms. The molecule has 0 aromatic heterocycles. The molecule has 0 aliphatic rings. The number of ketones is 1. The highest BCUT2D eigenvalue weighted by atomic mass is 35.5. The van der Waals surface area contributed by atoms with E-state index in [1.54, 1.807) is 6.08 Å². The van der Waals surface area contributed by atoms with Gasteiger partial charge in [-0.15, -0.1) is 0 Å². The fourth-order valence-electron chi connectivity index (χ4n) is 1.24. The Labute approximate surface area is 95.8 Å². The monoisotopic (exact) mass is 222 g/mol. The first-order chi connectivity index (χ1) is 7.00. The van der Waals surface area contributed by atoms with E-state index in [9.17, 15) is 4.79 Å². The van der Waals surface area contributed by atoms with Crippen LogP contribution in [0.1, 0.15) is 37.8 Å². The maximum Gasteiger partial charge on any atom is 0.152 e. The number of halogens is 1. The van der Waals surface area contributed by atoms with Crippen molar-refractivity contribution in [3.05, 3.63) is 40.4 Å². The molecular weight excluding hydrogens is 208 g/mol. The average molecular weight is 223 g/mol. The Morgan fingerprint density at radius 3 is 2.53 bits per heavy atom.